The third kappa shape index (κ3) is 1.30. The van der Waals surface area contributed by atoms with Crippen molar-refractivity contribution >= 4 is 0 Å². The lowest BCUT2D eigenvalue weighted by Crippen LogP contribution is -2.31. The standard InChI is InChI=1S/C12H13N3O/c16-15-14-11-7-13-12-9-4-2-1-3-8(9)5-6-10(11)12/h1-6,8,10-11,13H,7H2,(H,14,16). The van der Waals surface area contributed by atoms with Gasteiger partial charge in [0.25, 0.3) is 0 Å². The van der Waals surface area contributed by atoms with Gasteiger partial charge in [-0.15, -0.1) is 4.91 Å². The maximum absolute atomic E-state index is 10.3. The van der Waals surface area contributed by atoms with Gasteiger partial charge in [-0.1, -0.05) is 36.5 Å². The summed E-state index contributed by atoms with van der Waals surface area (Å²) in [5, 5.41) is 6.16. The van der Waals surface area contributed by atoms with E-state index in [2.05, 4.69) is 52.5 Å². The van der Waals surface area contributed by atoms with Crippen molar-refractivity contribution in [1.29, 1.82) is 0 Å². The molecule has 3 unspecified atom stereocenters. The van der Waals surface area contributed by atoms with Gasteiger partial charge in [0.1, 0.15) is 0 Å². The topological polar surface area (TPSA) is 53.5 Å². The zero-order chi connectivity index (χ0) is 11.0. The maximum atomic E-state index is 10.3. The molecule has 1 saturated heterocycles. The molecule has 1 heterocycles. The lowest BCUT2D eigenvalue weighted by atomic mass is 9.82. The van der Waals surface area contributed by atoms with E-state index in [1.165, 1.54) is 11.3 Å². The summed E-state index contributed by atoms with van der Waals surface area (Å²) in [6.07, 6.45) is 12.8. The smallest absolute Gasteiger partial charge is 0.0761 e. The average molecular weight is 215 g/mol. The molecule has 0 bridgehead atoms. The number of nitroso groups, excluding NO2 is 1. The Labute approximate surface area is 93.7 Å². The van der Waals surface area contributed by atoms with Crippen LogP contribution in [0, 0.1) is 16.7 Å². The summed E-state index contributed by atoms with van der Waals surface area (Å²) in [7, 11) is 0. The van der Waals surface area contributed by atoms with Gasteiger partial charge in [-0.3, -0.25) is 5.43 Å². The van der Waals surface area contributed by atoms with Crippen LogP contribution in [-0.2, 0) is 0 Å². The van der Waals surface area contributed by atoms with Crippen molar-refractivity contribution < 1.29 is 0 Å². The number of fused-ring (bicyclic) bond motifs is 2. The molecule has 0 radical (unpaired) electrons. The van der Waals surface area contributed by atoms with Crippen LogP contribution < -0.4 is 10.7 Å². The first-order chi connectivity index (χ1) is 7.90. The number of hydrogen-bond acceptors (Lipinski definition) is 3. The Bertz CT molecular complexity index is 434. The summed E-state index contributed by atoms with van der Waals surface area (Å²) in [5.74, 6) is 0.631. The second-order valence-corrected chi connectivity index (χ2v) is 4.26. The second kappa shape index (κ2) is 3.63. The Morgan fingerprint density at radius 3 is 3.12 bits per heavy atom. The minimum atomic E-state index is 0.0801. The van der Waals surface area contributed by atoms with Gasteiger partial charge < -0.3 is 5.32 Å². The van der Waals surface area contributed by atoms with Crippen molar-refractivity contribution in [1.82, 2.24) is 10.7 Å². The fourth-order valence-corrected chi connectivity index (χ4v) is 2.62. The zero-order valence-corrected chi connectivity index (χ0v) is 8.76. The van der Waals surface area contributed by atoms with Crippen molar-refractivity contribution in [3.63, 3.8) is 0 Å². The Kier molecular flexibility index (Phi) is 2.13. The Balaban J connectivity index is 1.94. The number of hydrogen-bond donors (Lipinski definition) is 2. The van der Waals surface area contributed by atoms with Gasteiger partial charge in [-0.05, 0) is 5.57 Å². The highest BCUT2D eigenvalue weighted by Crippen LogP contribution is 2.35. The molecule has 3 aliphatic rings. The van der Waals surface area contributed by atoms with E-state index in [0.29, 0.717) is 5.92 Å². The fraction of sp³-hybridized carbons (Fsp3) is 0.333. The Morgan fingerprint density at radius 1 is 1.31 bits per heavy atom. The highest BCUT2D eigenvalue weighted by Gasteiger charge is 2.35. The summed E-state index contributed by atoms with van der Waals surface area (Å²) in [4.78, 5) is 10.3. The van der Waals surface area contributed by atoms with E-state index in [4.69, 9.17) is 0 Å². The number of rotatable bonds is 2. The van der Waals surface area contributed by atoms with Gasteiger partial charge in [0.05, 0.1) is 6.04 Å². The van der Waals surface area contributed by atoms with Gasteiger partial charge in [0, 0.05) is 29.4 Å². The van der Waals surface area contributed by atoms with E-state index in [1.807, 2.05) is 0 Å². The summed E-state index contributed by atoms with van der Waals surface area (Å²) >= 11 is 0. The number of nitrogens with one attached hydrogen (secondary N) is 2. The molecule has 1 fully saturated rings. The number of allylic oxidation sites excluding steroid dienone is 6. The van der Waals surface area contributed by atoms with E-state index >= 15 is 0 Å². The van der Waals surface area contributed by atoms with Crippen LogP contribution in [0.5, 0.6) is 0 Å². The van der Waals surface area contributed by atoms with Crippen LogP contribution in [0.4, 0.5) is 0 Å². The molecular formula is C12H13N3O. The molecule has 0 amide bonds. The maximum Gasteiger partial charge on any atom is 0.0761 e. The average Bonchev–Trinajstić information content (AvgIpc) is 2.73. The van der Waals surface area contributed by atoms with Crippen LogP contribution >= 0.6 is 0 Å². The molecule has 4 heteroatoms. The molecule has 0 spiro atoms. The highest BCUT2D eigenvalue weighted by atomic mass is 16.3. The van der Waals surface area contributed by atoms with Gasteiger partial charge >= 0.3 is 0 Å². The summed E-state index contributed by atoms with van der Waals surface area (Å²) < 4.78 is 0. The Morgan fingerprint density at radius 2 is 2.25 bits per heavy atom. The lowest BCUT2D eigenvalue weighted by molar-refractivity contribution is 0.506. The predicted octanol–water partition coefficient (Wildman–Crippen LogP) is 1.41. The second-order valence-electron chi connectivity index (χ2n) is 4.26. The van der Waals surface area contributed by atoms with E-state index in [0.717, 1.165) is 6.54 Å². The molecular weight excluding hydrogens is 202 g/mol. The first-order valence-electron chi connectivity index (χ1n) is 5.49. The van der Waals surface area contributed by atoms with Crippen molar-refractivity contribution in [2.24, 2.45) is 17.1 Å². The zero-order valence-electron chi connectivity index (χ0n) is 8.76. The molecule has 16 heavy (non-hydrogen) atoms. The highest BCUT2D eigenvalue weighted by molar-refractivity contribution is 5.45. The SMILES string of the molecule is O=NNC1CNC2=C3C=CC=CC3C=CC21. The van der Waals surface area contributed by atoms with E-state index in [1.54, 1.807) is 0 Å². The third-order valence-electron chi connectivity index (χ3n) is 3.40. The van der Waals surface area contributed by atoms with Crippen molar-refractivity contribution in [2.45, 2.75) is 6.04 Å². The Hall–Kier alpha value is -1.84. The molecule has 3 rings (SSSR count). The minimum absolute atomic E-state index is 0.0801. The monoisotopic (exact) mass is 215 g/mol. The third-order valence-corrected chi connectivity index (χ3v) is 3.40. The molecule has 2 aliphatic carbocycles. The normalized spacial score (nSPS) is 34.4. The molecule has 1 aliphatic heterocycles. The molecule has 82 valence electrons. The molecule has 0 aromatic rings. The summed E-state index contributed by atoms with van der Waals surface area (Å²) in [6.45, 7) is 0.754. The van der Waals surface area contributed by atoms with Gasteiger partial charge in [0.15, 0.2) is 0 Å². The predicted molar refractivity (Wildman–Crippen MR) is 62.1 cm³/mol. The minimum Gasteiger partial charge on any atom is -0.385 e. The molecule has 0 aromatic heterocycles. The van der Waals surface area contributed by atoms with Crippen LogP contribution in [0.2, 0.25) is 0 Å². The lowest BCUT2D eigenvalue weighted by Gasteiger charge is -2.25. The molecule has 0 aromatic carbocycles. The molecule has 2 N–H and O–H groups in total. The van der Waals surface area contributed by atoms with Crippen LogP contribution in [0.3, 0.4) is 0 Å². The van der Waals surface area contributed by atoms with E-state index < -0.39 is 0 Å². The van der Waals surface area contributed by atoms with Crippen LogP contribution in [0.1, 0.15) is 0 Å². The first-order valence-corrected chi connectivity index (χ1v) is 5.49. The van der Waals surface area contributed by atoms with Gasteiger partial charge in [0.2, 0.25) is 0 Å². The van der Waals surface area contributed by atoms with Crippen molar-refractivity contribution in [3.05, 3.63) is 52.6 Å². The summed E-state index contributed by atoms with van der Waals surface area (Å²) in [6, 6.07) is 0.0801. The fourth-order valence-electron chi connectivity index (χ4n) is 2.62. The van der Waals surface area contributed by atoms with Gasteiger partial charge in [-0.25, -0.2) is 0 Å². The van der Waals surface area contributed by atoms with Crippen molar-refractivity contribution in [3.8, 4) is 0 Å². The van der Waals surface area contributed by atoms with Crippen LogP contribution in [0.15, 0.2) is 53.0 Å². The number of nitrogens with zero attached hydrogens (tertiary/aromatic N) is 1. The van der Waals surface area contributed by atoms with Crippen LogP contribution in [0.25, 0.3) is 0 Å². The summed E-state index contributed by atoms with van der Waals surface area (Å²) in [5.41, 5.74) is 5.16. The van der Waals surface area contributed by atoms with Crippen LogP contribution in [-0.4, -0.2) is 12.6 Å². The quantitative estimate of drug-likeness (QED) is 0.416. The first kappa shape index (κ1) is 9.39. The molecule has 0 saturated carbocycles. The molecule has 4 nitrogen and oxygen atoms in total. The van der Waals surface area contributed by atoms with E-state index in [9.17, 15) is 4.91 Å². The largest absolute Gasteiger partial charge is 0.385 e. The van der Waals surface area contributed by atoms with Crippen molar-refractivity contribution in [2.75, 3.05) is 6.54 Å². The molecule has 3 atom stereocenters. The van der Waals surface area contributed by atoms with Gasteiger partial charge in [-0.2, -0.15) is 0 Å². The van der Waals surface area contributed by atoms with E-state index in [-0.39, 0.29) is 12.0 Å².